The average Bonchev–Trinajstić information content (AvgIpc) is 3.20. The highest BCUT2D eigenvalue weighted by Crippen LogP contribution is 2.35. The van der Waals surface area contributed by atoms with Crippen LogP contribution >= 0.6 is 11.6 Å². The van der Waals surface area contributed by atoms with Crippen LogP contribution in [0.5, 0.6) is 0 Å². The summed E-state index contributed by atoms with van der Waals surface area (Å²) in [6.45, 7) is 1.44. The third-order valence-electron chi connectivity index (χ3n) is 3.60. The Hall–Kier alpha value is -2.94. The van der Waals surface area contributed by atoms with E-state index < -0.39 is 11.9 Å². The molecule has 0 aliphatic rings. The summed E-state index contributed by atoms with van der Waals surface area (Å²) in [6, 6.07) is 9.82. The zero-order chi connectivity index (χ0) is 18.5. The number of rotatable bonds is 2. The SMILES string of the molecule is Cc1cc(C(F)(F)F)n2nc(-c3nnc(-c4ccccc4)o3)c(Cl)c2n1. The number of hydrogen-bond donors (Lipinski definition) is 0. The van der Waals surface area contributed by atoms with Gasteiger partial charge >= 0.3 is 6.18 Å². The van der Waals surface area contributed by atoms with Gasteiger partial charge in [-0.25, -0.2) is 9.50 Å². The number of aromatic nitrogens is 5. The largest absolute Gasteiger partial charge is 0.433 e. The number of benzene rings is 1. The molecule has 0 radical (unpaired) electrons. The molecule has 0 amide bonds. The predicted octanol–water partition coefficient (Wildman–Crippen LogP) is 4.43. The first-order valence-electron chi connectivity index (χ1n) is 7.37. The lowest BCUT2D eigenvalue weighted by Crippen LogP contribution is -2.13. The van der Waals surface area contributed by atoms with E-state index in [1.165, 1.54) is 6.92 Å². The second-order valence-electron chi connectivity index (χ2n) is 5.46. The maximum atomic E-state index is 13.3. The van der Waals surface area contributed by atoms with Crippen molar-refractivity contribution in [2.24, 2.45) is 0 Å². The lowest BCUT2D eigenvalue weighted by Gasteiger charge is -2.09. The molecule has 0 saturated carbocycles. The fourth-order valence-corrected chi connectivity index (χ4v) is 2.71. The highest BCUT2D eigenvalue weighted by atomic mass is 35.5. The van der Waals surface area contributed by atoms with E-state index in [0.717, 1.165) is 6.07 Å². The molecule has 0 aliphatic carbocycles. The molecule has 0 spiro atoms. The molecule has 0 fully saturated rings. The van der Waals surface area contributed by atoms with Crippen LogP contribution in [0.25, 0.3) is 28.7 Å². The first-order valence-corrected chi connectivity index (χ1v) is 7.75. The summed E-state index contributed by atoms with van der Waals surface area (Å²) in [7, 11) is 0. The van der Waals surface area contributed by atoms with Gasteiger partial charge in [0.25, 0.3) is 5.89 Å². The third kappa shape index (κ3) is 2.70. The van der Waals surface area contributed by atoms with Crippen molar-refractivity contribution >= 4 is 17.2 Å². The summed E-state index contributed by atoms with van der Waals surface area (Å²) in [5.41, 5.74) is -0.362. The van der Waals surface area contributed by atoms with E-state index in [2.05, 4.69) is 20.3 Å². The van der Waals surface area contributed by atoms with Crippen molar-refractivity contribution in [3.8, 4) is 23.0 Å². The Kier molecular flexibility index (Phi) is 3.69. The molecule has 10 heteroatoms. The van der Waals surface area contributed by atoms with Gasteiger partial charge in [0.1, 0.15) is 10.7 Å². The van der Waals surface area contributed by atoms with E-state index in [-0.39, 0.29) is 33.8 Å². The van der Waals surface area contributed by atoms with Crippen LogP contribution in [0.2, 0.25) is 5.02 Å². The van der Waals surface area contributed by atoms with Gasteiger partial charge in [-0.3, -0.25) is 0 Å². The minimum absolute atomic E-state index is 0.0649. The summed E-state index contributed by atoms with van der Waals surface area (Å²) in [6.07, 6.45) is -4.62. The zero-order valence-electron chi connectivity index (χ0n) is 13.1. The topological polar surface area (TPSA) is 69.1 Å². The number of nitrogens with zero attached hydrogens (tertiary/aromatic N) is 5. The van der Waals surface area contributed by atoms with Gasteiger partial charge in [-0.15, -0.1) is 10.2 Å². The first-order chi connectivity index (χ1) is 12.3. The molecule has 0 N–H and O–H groups in total. The monoisotopic (exact) mass is 379 g/mol. The quantitative estimate of drug-likeness (QED) is 0.515. The Morgan fingerprint density at radius 2 is 1.77 bits per heavy atom. The zero-order valence-corrected chi connectivity index (χ0v) is 13.9. The second kappa shape index (κ2) is 5.80. The minimum Gasteiger partial charge on any atom is -0.414 e. The number of halogens is 4. The van der Waals surface area contributed by atoms with Crippen molar-refractivity contribution in [1.29, 1.82) is 0 Å². The van der Waals surface area contributed by atoms with Crippen LogP contribution in [0, 0.1) is 6.92 Å². The predicted molar refractivity (Wildman–Crippen MR) is 86.5 cm³/mol. The maximum absolute atomic E-state index is 13.3. The molecule has 3 heterocycles. The molecule has 4 rings (SSSR count). The van der Waals surface area contributed by atoms with Gasteiger partial charge in [0, 0.05) is 11.3 Å². The average molecular weight is 380 g/mol. The molecular weight excluding hydrogens is 371 g/mol. The third-order valence-corrected chi connectivity index (χ3v) is 3.95. The van der Waals surface area contributed by atoms with Crippen LogP contribution in [-0.4, -0.2) is 24.8 Å². The van der Waals surface area contributed by atoms with Crippen LogP contribution in [0.3, 0.4) is 0 Å². The van der Waals surface area contributed by atoms with Crippen LogP contribution in [-0.2, 0) is 6.18 Å². The van der Waals surface area contributed by atoms with Crippen molar-refractivity contribution < 1.29 is 17.6 Å². The smallest absolute Gasteiger partial charge is 0.414 e. The van der Waals surface area contributed by atoms with E-state index in [1.54, 1.807) is 24.3 Å². The molecule has 0 saturated heterocycles. The highest BCUT2D eigenvalue weighted by Gasteiger charge is 2.36. The highest BCUT2D eigenvalue weighted by molar-refractivity contribution is 6.35. The second-order valence-corrected chi connectivity index (χ2v) is 5.83. The van der Waals surface area contributed by atoms with Crippen LogP contribution in [0.15, 0.2) is 40.8 Å². The summed E-state index contributed by atoms with van der Waals surface area (Å²) in [5, 5.41) is 11.6. The van der Waals surface area contributed by atoms with Crippen molar-refractivity contribution in [3.05, 3.63) is 52.8 Å². The number of alkyl halides is 3. The molecule has 132 valence electrons. The van der Waals surface area contributed by atoms with Crippen molar-refractivity contribution in [2.45, 2.75) is 13.1 Å². The Balaban J connectivity index is 1.88. The maximum Gasteiger partial charge on any atom is 0.433 e. The van der Waals surface area contributed by atoms with Gasteiger partial charge in [-0.05, 0) is 25.1 Å². The van der Waals surface area contributed by atoms with Gasteiger partial charge in [0.05, 0.1) is 0 Å². The van der Waals surface area contributed by atoms with E-state index in [4.69, 9.17) is 16.0 Å². The van der Waals surface area contributed by atoms with E-state index >= 15 is 0 Å². The lowest BCUT2D eigenvalue weighted by atomic mass is 10.2. The van der Waals surface area contributed by atoms with Gasteiger partial charge in [-0.1, -0.05) is 29.8 Å². The van der Waals surface area contributed by atoms with E-state index in [0.29, 0.717) is 10.1 Å². The van der Waals surface area contributed by atoms with Crippen molar-refractivity contribution in [3.63, 3.8) is 0 Å². The van der Waals surface area contributed by atoms with E-state index in [9.17, 15) is 13.2 Å². The molecule has 4 aromatic rings. The summed E-state index contributed by atoms with van der Waals surface area (Å²) in [4.78, 5) is 4.04. The minimum atomic E-state index is -4.62. The fraction of sp³-hybridized carbons (Fsp3) is 0.125. The molecule has 6 nitrogen and oxygen atoms in total. The van der Waals surface area contributed by atoms with Gasteiger partial charge < -0.3 is 4.42 Å². The Morgan fingerprint density at radius 3 is 2.46 bits per heavy atom. The van der Waals surface area contributed by atoms with Gasteiger partial charge in [0.2, 0.25) is 5.89 Å². The van der Waals surface area contributed by atoms with Gasteiger partial charge in [-0.2, -0.15) is 18.3 Å². The summed E-state index contributed by atoms with van der Waals surface area (Å²) in [5.74, 6) is 0.110. The Morgan fingerprint density at radius 1 is 1.08 bits per heavy atom. The standard InChI is InChI=1S/C16H9ClF3N5O/c1-8-7-10(16(18,19)20)25-13(21-8)11(17)12(24-25)15-23-22-14(26-15)9-5-3-2-4-6-9/h2-7H,1H3. The molecule has 26 heavy (non-hydrogen) atoms. The molecule has 0 aliphatic heterocycles. The molecule has 0 unspecified atom stereocenters. The molecule has 1 aromatic carbocycles. The van der Waals surface area contributed by atoms with Crippen LogP contribution in [0.4, 0.5) is 13.2 Å². The first kappa shape index (κ1) is 16.5. The van der Waals surface area contributed by atoms with E-state index in [1.807, 2.05) is 6.07 Å². The molecule has 0 atom stereocenters. The Bertz CT molecular complexity index is 1100. The van der Waals surface area contributed by atoms with Gasteiger partial charge in [0.15, 0.2) is 11.3 Å². The lowest BCUT2D eigenvalue weighted by molar-refractivity contribution is -0.142. The summed E-state index contributed by atoms with van der Waals surface area (Å²) < 4.78 is 46.0. The summed E-state index contributed by atoms with van der Waals surface area (Å²) >= 11 is 6.20. The Labute approximate surface area is 149 Å². The van der Waals surface area contributed by atoms with Crippen molar-refractivity contribution in [1.82, 2.24) is 24.8 Å². The fourth-order valence-electron chi connectivity index (χ4n) is 2.47. The van der Waals surface area contributed by atoms with Crippen LogP contribution < -0.4 is 0 Å². The number of hydrogen-bond acceptors (Lipinski definition) is 5. The number of fused-ring (bicyclic) bond motifs is 1. The normalized spacial score (nSPS) is 12.0. The molecule has 3 aromatic heterocycles. The molecule has 0 bridgehead atoms. The van der Waals surface area contributed by atoms with Crippen LogP contribution in [0.1, 0.15) is 11.4 Å². The van der Waals surface area contributed by atoms with Crippen molar-refractivity contribution in [2.75, 3.05) is 0 Å². The number of aryl methyl sites for hydroxylation is 1. The molecular formula is C16H9ClF3N5O.